The summed E-state index contributed by atoms with van der Waals surface area (Å²) in [7, 11) is 1.42. The molecule has 0 atom stereocenters. The molecule has 0 fully saturated rings. The first-order chi connectivity index (χ1) is 12.4. The lowest BCUT2D eigenvalue weighted by Gasteiger charge is -2.15. The fraction of sp³-hybridized carbons (Fsp3) is 0.250. The second-order valence-electron chi connectivity index (χ2n) is 5.97. The topological polar surface area (TPSA) is 105 Å². The van der Waals surface area contributed by atoms with E-state index in [4.69, 9.17) is 0 Å². The van der Waals surface area contributed by atoms with Crippen molar-refractivity contribution in [1.29, 1.82) is 0 Å². The number of fused-ring (bicyclic) bond motifs is 3. The second kappa shape index (κ2) is 5.55. The lowest BCUT2D eigenvalue weighted by molar-refractivity contribution is -0.306. The van der Waals surface area contributed by atoms with Crippen LogP contribution in [-0.2, 0) is 24.9 Å². The number of rotatable bonds is 3. The molecular formula is C16H13FN5O4-. The van der Waals surface area contributed by atoms with Crippen molar-refractivity contribution in [3.63, 3.8) is 0 Å². The minimum Gasteiger partial charge on any atom is -0.548 e. The number of benzene rings is 1. The fourth-order valence-corrected chi connectivity index (χ4v) is 3.21. The van der Waals surface area contributed by atoms with Crippen LogP contribution in [-0.4, -0.2) is 31.2 Å². The van der Waals surface area contributed by atoms with Crippen LogP contribution in [0, 0.1) is 5.82 Å². The van der Waals surface area contributed by atoms with Gasteiger partial charge in [-0.3, -0.25) is 13.9 Å². The van der Waals surface area contributed by atoms with Gasteiger partial charge < -0.3 is 19.4 Å². The van der Waals surface area contributed by atoms with E-state index in [1.54, 1.807) is 21.6 Å². The van der Waals surface area contributed by atoms with Crippen LogP contribution in [0.2, 0.25) is 0 Å². The first kappa shape index (κ1) is 16.1. The number of carboxylic acids is 1. The number of halogens is 1. The van der Waals surface area contributed by atoms with Crippen molar-refractivity contribution in [2.24, 2.45) is 7.05 Å². The maximum Gasteiger partial charge on any atom is 0.332 e. The molecule has 0 N–H and O–H groups in total. The highest BCUT2D eigenvalue weighted by Gasteiger charge is 2.28. The summed E-state index contributed by atoms with van der Waals surface area (Å²) in [6, 6.07) is 5.84. The number of nitrogens with zero attached hydrogens (tertiary/aromatic N) is 5. The van der Waals surface area contributed by atoms with E-state index in [0.29, 0.717) is 29.3 Å². The van der Waals surface area contributed by atoms with Crippen LogP contribution >= 0.6 is 0 Å². The number of aryl methyl sites for hydroxylation is 1. The number of carboxylic acid groups (broad SMARTS) is 1. The highest BCUT2D eigenvalue weighted by atomic mass is 19.1. The van der Waals surface area contributed by atoms with Gasteiger partial charge in [0.05, 0.1) is 12.5 Å². The Morgan fingerprint density at radius 2 is 1.92 bits per heavy atom. The van der Waals surface area contributed by atoms with Gasteiger partial charge in [-0.05, 0) is 24.3 Å². The molecule has 0 unspecified atom stereocenters. The highest BCUT2D eigenvalue weighted by Crippen LogP contribution is 2.31. The van der Waals surface area contributed by atoms with E-state index in [-0.39, 0.29) is 17.0 Å². The molecule has 0 radical (unpaired) electrons. The van der Waals surface area contributed by atoms with Crippen LogP contribution in [0.3, 0.4) is 0 Å². The van der Waals surface area contributed by atoms with E-state index in [0.717, 1.165) is 4.57 Å². The molecule has 10 heteroatoms. The average Bonchev–Trinajstić information content (AvgIpc) is 3.16. The molecule has 3 aromatic rings. The zero-order valence-corrected chi connectivity index (χ0v) is 13.7. The zero-order chi connectivity index (χ0) is 18.6. The van der Waals surface area contributed by atoms with Crippen LogP contribution in [0.4, 0.5) is 16.0 Å². The number of imidazole rings is 1. The number of hydrogen-bond acceptors (Lipinski definition) is 6. The number of carbonyl (C=O) groups is 1. The van der Waals surface area contributed by atoms with Gasteiger partial charge in [-0.2, -0.15) is 4.98 Å². The predicted molar refractivity (Wildman–Crippen MR) is 87.6 cm³/mol. The third-order valence-electron chi connectivity index (χ3n) is 4.43. The first-order valence-corrected chi connectivity index (χ1v) is 7.81. The Kier molecular flexibility index (Phi) is 3.43. The number of carbonyl (C=O) groups excluding carboxylic acids is 1. The van der Waals surface area contributed by atoms with Crippen LogP contribution in [0.5, 0.6) is 0 Å². The van der Waals surface area contributed by atoms with E-state index in [9.17, 15) is 23.9 Å². The summed E-state index contributed by atoms with van der Waals surface area (Å²) in [6.45, 7) is 0.0955. The molecule has 4 rings (SSSR count). The summed E-state index contributed by atoms with van der Waals surface area (Å²) in [6.07, 6.45) is 0. The summed E-state index contributed by atoms with van der Waals surface area (Å²) in [5, 5.41) is 10.9. The molecule has 26 heavy (non-hydrogen) atoms. The molecule has 1 aliphatic heterocycles. The van der Waals surface area contributed by atoms with Crippen molar-refractivity contribution in [3.05, 3.63) is 50.9 Å². The fourth-order valence-electron chi connectivity index (χ4n) is 3.21. The van der Waals surface area contributed by atoms with Crippen molar-refractivity contribution in [2.45, 2.75) is 13.1 Å². The van der Waals surface area contributed by atoms with Gasteiger partial charge >= 0.3 is 5.69 Å². The first-order valence-electron chi connectivity index (χ1n) is 7.81. The lowest BCUT2D eigenvalue weighted by Crippen LogP contribution is -2.44. The Morgan fingerprint density at radius 3 is 2.58 bits per heavy atom. The number of hydrogen-bond donors (Lipinski definition) is 0. The molecule has 1 aromatic carbocycles. The molecule has 0 bridgehead atoms. The molecule has 0 saturated heterocycles. The number of aliphatic carboxylic acids is 1. The minimum atomic E-state index is -1.53. The standard InChI is InChI=1S/C16H14FN5O4/c1-19-13-12(14(25)22(16(19)26)8-11(23)24)21-7-6-20(15(21)18-13)10-4-2-9(17)3-5-10/h2-5H,6-8H2,1H3,(H,23,24)/p-1. The number of anilines is 2. The minimum absolute atomic E-state index is 0.146. The summed E-state index contributed by atoms with van der Waals surface area (Å²) < 4.78 is 16.5. The highest BCUT2D eigenvalue weighted by molar-refractivity contribution is 5.78. The van der Waals surface area contributed by atoms with Gasteiger partial charge in [-0.25, -0.2) is 9.18 Å². The maximum atomic E-state index is 13.2. The lowest BCUT2D eigenvalue weighted by atomic mass is 10.3. The Labute approximate surface area is 145 Å². The summed E-state index contributed by atoms with van der Waals surface area (Å²) in [5.41, 5.74) is -0.506. The molecule has 0 spiro atoms. The van der Waals surface area contributed by atoms with Crippen LogP contribution in [0.15, 0.2) is 33.9 Å². The van der Waals surface area contributed by atoms with Crippen molar-refractivity contribution in [1.82, 2.24) is 18.7 Å². The molecular weight excluding hydrogens is 345 g/mol. The molecule has 0 aliphatic carbocycles. The van der Waals surface area contributed by atoms with Gasteiger partial charge in [0.15, 0.2) is 11.2 Å². The van der Waals surface area contributed by atoms with Crippen molar-refractivity contribution in [2.75, 3.05) is 11.4 Å². The number of aromatic nitrogens is 4. The smallest absolute Gasteiger partial charge is 0.332 e. The zero-order valence-electron chi connectivity index (χ0n) is 13.7. The van der Waals surface area contributed by atoms with E-state index in [2.05, 4.69) is 4.98 Å². The normalized spacial score (nSPS) is 13.4. The van der Waals surface area contributed by atoms with E-state index < -0.39 is 23.8 Å². The SMILES string of the molecule is Cn1c(=O)n(CC(=O)[O-])c(=O)c2c1nc1n2CCN1c1ccc(F)cc1. The van der Waals surface area contributed by atoms with Crippen LogP contribution < -0.4 is 21.3 Å². The van der Waals surface area contributed by atoms with Crippen molar-refractivity contribution in [3.8, 4) is 0 Å². The molecule has 0 saturated carbocycles. The molecule has 9 nitrogen and oxygen atoms in total. The van der Waals surface area contributed by atoms with Gasteiger partial charge in [0.2, 0.25) is 5.95 Å². The predicted octanol–water partition coefficient (Wildman–Crippen LogP) is -1.06. The third-order valence-corrected chi connectivity index (χ3v) is 4.43. The average molecular weight is 358 g/mol. The van der Waals surface area contributed by atoms with Gasteiger partial charge in [-0.15, -0.1) is 0 Å². The van der Waals surface area contributed by atoms with Crippen molar-refractivity contribution >= 4 is 28.8 Å². The molecule has 2 aromatic heterocycles. The largest absolute Gasteiger partial charge is 0.548 e. The van der Waals surface area contributed by atoms with Crippen LogP contribution in [0.1, 0.15) is 0 Å². The molecule has 134 valence electrons. The Hall–Kier alpha value is -3.43. The monoisotopic (exact) mass is 358 g/mol. The third kappa shape index (κ3) is 2.22. The van der Waals surface area contributed by atoms with E-state index in [1.807, 2.05) is 0 Å². The maximum absolute atomic E-state index is 13.2. The summed E-state index contributed by atoms with van der Waals surface area (Å²) in [4.78, 5) is 42.0. The Bertz CT molecular complexity index is 1160. The summed E-state index contributed by atoms with van der Waals surface area (Å²) in [5.74, 6) is -1.46. The van der Waals surface area contributed by atoms with Gasteiger partial charge in [0.25, 0.3) is 5.56 Å². The van der Waals surface area contributed by atoms with Gasteiger partial charge in [0.1, 0.15) is 5.82 Å². The quantitative estimate of drug-likeness (QED) is 0.591. The van der Waals surface area contributed by atoms with Crippen molar-refractivity contribution < 1.29 is 14.3 Å². The summed E-state index contributed by atoms with van der Waals surface area (Å²) >= 11 is 0. The molecule has 3 heterocycles. The van der Waals surface area contributed by atoms with Gasteiger partial charge in [0, 0.05) is 25.8 Å². The molecule has 1 aliphatic rings. The Balaban J connectivity index is 1.95. The molecule has 0 amide bonds. The van der Waals surface area contributed by atoms with E-state index in [1.165, 1.54) is 19.2 Å². The van der Waals surface area contributed by atoms with E-state index >= 15 is 0 Å². The second-order valence-corrected chi connectivity index (χ2v) is 5.97. The van der Waals surface area contributed by atoms with Crippen LogP contribution in [0.25, 0.3) is 11.2 Å². The Morgan fingerprint density at radius 1 is 1.23 bits per heavy atom. The van der Waals surface area contributed by atoms with Gasteiger partial charge in [-0.1, -0.05) is 0 Å².